The van der Waals surface area contributed by atoms with Crippen LogP contribution in [0, 0.1) is 3.57 Å². The molecular weight excluding hydrogens is 339 g/mol. The van der Waals surface area contributed by atoms with Crippen molar-refractivity contribution in [1.82, 2.24) is 5.32 Å². The standard InChI is InChI=1S/C10H11IN2O2S/c11-7-1-3-8(4-2-7)13-10(16)12-6-5-9(14)15/h1-4H,5-6H2,(H,14,15)(H2,12,13,16). The zero-order chi connectivity index (χ0) is 12.0. The monoisotopic (exact) mass is 350 g/mol. The zero-order valence-electron chi connectivity index (χ0n) is 8.37. The van der Waals surface area contributed by atoms with E-state index in [1.807, 2.05) is 24.3 Å². The van der Waals surface area contributed by atoms with Crippen molar-refractivity contribution in [3.05, 3.63) is 27.8 Å². The number of aliphatic carboxylic acids is 1. The number of carboxylic acid groups (broad SMARTS) is 1. The Labute approximate surface area is 113 Å². The Morgan fingerprint density at radius 1 is 1.38 bits per heavy atom. The zero-order valence-corrected chi connectivity index (χ0v) is 11.3. The largest absolute Gasteiger partial charge is 0.481 e. The van der Waals surface area contributed by atoms with Gasteiger partial charge in [0.05, 0.1) is 6.42 Å². The van der Waals surface area contributed by atoms with E-state index in [0.29, 0.717) is 11.7 Å². The molecule has 4 nitrogen and oxygen atoms in total. The Morgan fingerprint density at radius 3 is 2.56 bits per heavy atom. The molecule has 1 aromatic carbocycles. The molecule has 0 aliphatic carbocycles. The lowest BCUT2D eigenvalue weighted by atomic mass is 10.3. The fraction of sp³-hybridized carbons (Fsp3) is 0.200. The molecule has 16 heavy (non-hydrogen) atoms. The van der Waals surface area contributed by atoms with Gasteiger partial charge in [-0.2, -0.15) is 0 Å². The quantitative estimate of drug-likeness (QED) is 0.573. The highest BCUT2D eigenvalue weighted by molar-refractivity contribution is 14.1. The summed E-state index contributed by atoms with van der Waals surface area (Å²) in [5.74, 6) is -0.843. The Hall–Kier alpha value is -0.890. The number of halogens is 1. The third kappa shape index (κ3) is 5.26. The second kappa shape index (κ2) is 6.64. The van der Waals surface area contributed by atoms with Crippen LogP contribution in [0.25, 0.3) is 0 Å². The van der Waals surface area contributed by atoms with E-state index in [0.717, 1.165) is 9.26 Å². The predicted molar refractivity (Wildman–Crippen MR) is 75.6 cm³/mol. The first-order chi connectivity index (χ1) is 7.58. The van der Waals surface area contributed by atoms with Gasteiger partial charge in [0.2, 0.25) is 0 Å². The Bertz CT molecular complexity index is 381. The first-order valence-electron chi connectivity index (χ1n) is 4.60. The summed E-state index contributed by atoms with van der Waals surface area (Å²) >= 11 is 7.22. The molecular formula is C10H11IN2O2S. The highest BCUT2D eigenvalue weighted by Crippen LogP contribution is 2.10. The van der Waals surface area contributed by atoms with Crippen molar-refractivity contribution in [2.24, 2.45) is 0 Å². The molecule has 0 fully saturated rings. The fourth-order valence-corrected chi connectivity index (χ4v) is 1.57. The maximum Gasteiger partial charge on any atom is 0.305 e. The van der Waals surface area contributed by atoms with Crippen LogP contribution in [0.2, 0.25) is 0 Å². The van der Waals surface area contributed by atoms with Gasteiger partial charge in [0, 0.05) is 15.8 Å². The molecule has 86 valence electrons. The molecule has 0 spiro atoms. The lowest BCUT2D eigenvalue weighted by Crippen LogP contribution is -2.30. The fourth-order valence-electron chi connectivity index (χ4n) is 0.991. The second-order valence-corrected chi connectivity index (χ2v) is 4.69. The van der Waals surface area contributed by atoms with Gasteiger partial charge in [0.25, 0.3) is 0 Å². The number of thiocarbonyl (C=S) groups is 1. The molecule has 0 bridgehead atoms. The normalized spacial score (nSPS) is 9.56. The molecule has 3 N–H and O–H groups in total. The van der Waals surface area contributed by atoms with Crippen molar-refractivity contribution in [1.29, 1.82) is 0 Å². The summed E-state index contributed by atoms with van der Waals surface area (Å²) in [5, 5.41) is 14.7. The van der Waals surface area contributed by atoms with Crippen LogP contribution in [-0.4, -0.2) is 22.7 Å². The first-order valence-corrected chi connectivity index (χ1v) is 6.09. The summed E-state index contributed by atoms with van der Waals surface area (Å²) in [4.78, 5) is 10.3. The van der Waals surface area contributed by atoms with Gasteiger partial charge < -0.3 is 15.7 Å². The smallest absolute Gasteiger partial charge is 0.305 e. The van der Waals surface area contributed by atoms with Crippen LogP contribution < -0.4 is 10.6 Å². The highest BCUT2D eigenvalue weighted by atomic mass is 127. The minimum atomic E-state index is -0.843. The minimum Gasteiger partial charge on any atom is -0.481 e. The average molecular weight is 350 g/mol. The summed E-state index contributed by atoms with van der Waals surface area (Å²) in [6.45, 7) is 0.325. The van der Waals surface area contributed by atoms with Crippen molar-refractivity contribution in [2.75, 3.05) is 11.9 Å². The van der Waals surface area contributed by atoms with Crippen LogP contribution in [0.3, 0.4) is 0 Å². The van der Waals surface area contributed by atoms with Crippen LogP contribution >= 0.6 is 34.8 Å². The predicted octanol–water partition coefficient (Wildman–Crippen LogP) is 2.05. The maximum atomic E-state index is 10.3. The van der Waals surface area contributed by atoms with E-state index in [2.05, 4.69) is 33.2 Å². The molecule has 1 rings (SSSR count). The van der Waals surface area contributed by atoms with E-state index in [9.17, 15) is 4.79 Å². The van der Waals surface area contributed by atoms with E-state index >= 15 is 0 Å². The van der Waals surface area contributed by atoms with E-state index < -0.39 is 5.97 Å². The van der Waals surface area contributed by atoms with Gasteiger partial charge in [-0.05, 0) is 59.1 Å². The molecule has 0 aliphatic rings. The SMILES string of the molecule is O=C(O)CCNC(=S)Nc1ccc(I)cc1. The minimum absolute atomic E-state index is 0.0501. The molecule has 0 saturated heterocycles. The van der Waals surface area contributed by atoms with Gasteiger partial charge in [-0.15, -0.1) is 0 Å². The Kier molecular flexibility index (Phi) is 5.47. The van der Waals surface area contributed by atoms with E-state index in [4.69, 9.17) is 17.3 Å². The summed E-state index contributed by atoms with van der Waals surface area (Å²) in [7, 11) is 0. The van der Waals surface area contributed by atoms with Gasteiger partial charge in [0.1, 0.15) is 0 Å². The van der Waals surface area contributed by atoms with Crippen LogP contribution in [-0.2, 0) is 4.79 Å². The number of anilines is 1. The molecule has 0 amide bonds. The molecule has 0 unspecified atom stereocenters. The molecule has 0 radical (unpaired) electrons. The molecule has 6 heteroatoms. The first kappa shape index (κ1) is 13.2. The van der Waals surface area contributed by atoms with Crippen LogP contribution in [0.5, 0.6) is 0 Å². The summed E-state index contributed by atoms with van der Waals surface area (Å²) < 4.78 is 1.15. The molecule has 0 heterocycles. The van der Waals surface area contributed by atoms with Crippen molar-refractivity contribution in [2.45, 2.75) is 6.42 Å². The number of carbonyl (C=O) groups is 1. The number of rotatable bonds is 4. The summed E-state index contributed by atoms with van der Waals surface area (Å²) in [6.07, 6.45) is 0.0501. The van der Waals surface area contributed by atoms with E-state index in [-0.39, 0.29) is 6.42 Å². The Morgan fingerprint density at radius 2 is 2.00 bits per heavy atom. The van der Waals surface area contributed by atoms with Gasteiger partial charge in [-0.1, -0.05) is 0 Å². The van der Waals surface area contributed by atoms with Crippen molar-refractivity contribution < 1.29 is 9.90 Å². The van der Waals surface area contributed by atoms with E-state index in [1.54, 1.807) is 0 Å². The Balaban J connectivity index is 2.34. The van der Waals surface area contributed by atoms with Crippen LogP contribution in [0.4, 0.5) is 5.69 Å². The van der Waals surface area contributed by atoms with Crippen LogP contribution in [0.15, 0.2) is 24.3 Å². The van der Waals surface area contributed by atoms with Gasteiger partial charge in [0.15, 0.2) is 5.11 Å². The van der Waals surface area contributed by atoms with Crippen LogP contribution in [0.1, 0.15) is 6.42 Å². The average Bonchev–Trinajstić information content (AvgIpc) is 2.21. The van der Waals surface area contributed by atoms with Gasteiger partial charge >= 0.3 is 5.97 Å². The number of hydrogen-bond acceptors (Lipinski definition) is 2. The van der Waals surface area contributed by atoms with Crippen molar-refractivity contribution >= 4 is 51.6 Å². The topological polar surface area (TPSA) is 61.4 Å². The van der Waals surface area contributed by atoms with Crippen molar-refractivity contribution in [3.63, 3.8) is 0 Å². The van der Waals surface area contributed by atoms with Crippen molar-refractivity contribution in [3.8, 4) is 0 Å². The van der Waals surface area contributed by atoms with Gasteiger partial charge in [-0.25, -0.2) is 0 Å². The third-order valence-corrected chi connectivity index (χ3v) is 2.69. The van der Waals surface area contributed by atoms with E-state index in [1.165, 1.54) is 0 Å². The molecule has 0 aliphatic heterocycles. The molecule has 0 atom stereocenters. The third-order valence-electron chi connectivity index (χ3n) is 1.73. The van der Waals surface area contributed by atoms with Gasteiger partial charge in [-0.3, -0.25) is 4.79 Å². The maximum absolute atomic E-state index is 10.3. The second-order valence-electron chi connectivity index (χ2n) is 3.03. The number of hydrogen-bond donors (Lipinski definition) is 3. The lowest BCUT2D eigenvalue weighted by Gasteiger charge is -2.09. The number of benzene rings is 1. The number of nitrogens with one attached hydrogen (secondary N) is 2. The highest BCUT2D eigenvalue weighted by Gasteiger charge is 1.99. The summed E-state index contributed by atoms with van der Waals surface area (Å²) in [5.41, 5.74) is 0.883. The molecule has 0 saturated carbocycles. The molecule has 1 aromatic rings. The number of carboxylic acids is 1. The molecule has 0 aromatic heterocycles. The lowest BCUT2D eigenvalue weighted by molar-refractivity contribution is -0.136. The summed E-state index contributed by atoms with van der Waals surface area (Å²) in [6, 6.07) is 7.74.